The topological polar surface area (TPSA) is 74.6 Å². The minimum absolute atomic E-state index is 0.0907. The molecule has 4 nitrogen and oxygen atoms in total. The molecule has 0 aromatic carbocycles. The lowest BCUT2D eigenvalue weighted by atomic mass is 9.97. The van der Waals surface area contributed by atoms with Crippen molar-refractivity contribution in [2.45, 2.75) is 78.1 Å². The lowest BCUT2D eigenvalue weighted by Crippen LogP contribution is -2.12. The van der Waals surface area contributed by atoms with E-state index in [1.807, 2.05) is 6.92 Å². The van der Waals surface area contributed by atoms with Crippen LogP contribution in [-0.2, 0) is 9.59 Å². The molecule has 0 unspecified atom stereocenters. The zero-order valence-corrected chi connectivity index (χ0v) is 12.8. The van der Waals surface area contributed by atoms with Crippen LogP contribution in [-0.4, -0.2) is 22.2 Å². The predicted molar refractivity (Wildman–Crippen MR) is 79.8 cm³/mol. The molecule has 20 heavy (non-hydrogen) atoms. The van der Waals surface area contributed by atoms with Crippen molar-refractivity contribution in [1.82, 2.24) is 0 Å². The van der Waals surface area contributed by atoms with Crippen molar-refractivity contribution >= 4 is 11.9 Å². The molecule has 0 aromatic heterocycles. The van der Waals surface area contributed by atoms with E-state index in [1.165, 1.54) is 19.3 Å². The van der Waals surface area contributed by atoms with Crippen molar-refractivity contribution in [2.24, 2.45) is 0 Å². The first-order valence-electron chi connectivity index (χ1n) is 7.73. The average molecular weight is 284 g/mol. The first kappa shape index (κ1) is 18.7. The van der Waals surface area contributed by atoms with Gasteiger partial charge in [0.2, 0.25) is 0 Å². The fourth-order valence-electron chi connectivity index (χ4n) is 2.21. The molecule has 0 atom stereocenters. The van der Waals surface area contributed by atoms with Crippen LogP contribution < -0.4 is 0 Å². The van der Waals surface area contributed by atoms with Crippen molar-refractivity contribution in [1.29, 1.82) is 0 Å². The number of carboxylic acids is 2. The molecule has 0 amide bonds. The van der Waals surface area contributed by atoms with E-state index in [1.54, 1.807) is 0 Å². The summed E-state index contributed by atoms with van der Waals surface area (Å²) in [5.41, 5.74) is 0.189. The van der Waals surface area contributed by atoms with Gasteiger partial charge in [0.15, 0.2) is 0 Å². The molecule has 0 rings (SSSR count). The standard InChI is InChI=1S/C16H28O4/c1-3-5-7-8-9-10-12-14(16(19)20)13(15(17)18)11-6-4-2/h3-12H2,1-2H3,(H,17,18)(H,19,20). The maximum absolute atomic E-state index is 11.3. The van der Waals surface area contributed by atoms with Crippen molar-refractivity contribution in [3.05, 3.63) is 11.1 Å². The highest BCUT2D eigenvalue weighted by Crippen LogP contribution is 2.20. The van der Waals surface area contributed by atoms with Gasteiger partial charge in [-0.15, -0.1) is 0 Å². The van der Waals surface area contributed by atoms with Gasteiger partial charge in [0, 0.05) is 11.1 Å². The summed E-state index contributed by atoms with van der Waals surface area (Å²) in [5, 5.41) is 18.4. The second-order valence-corrected chi connectivity index (χ2v) is 5.19. The van der Waals surface area contributed by atoms with Crippen LogP contribution in [0.25, 0.3) is 0 Å². The molecule has 0 aliphatic carbocycles. The number of hydrogen-bond donors (Lipinski definition) is 2. The summed E-state index contributed by atoms with van der Waals surface area (Å²) in [6, 6.07) is 0. The Hall–Kier alpha value is -1.32. The third kappa shape index (κ3) is 7.97. The summed E-state index contributed by atoms with van der Waals surface area (Å²) >= 11 is 0. The molecule has 0 bridgehead atoms. The first-order chi connectivity index (χ1) is 9.54. The molecular weight excluding hydrogens is 256 g/mol. The monoisotopic (exact) mass is 284 g/mol. The smallest absolute Gasteiger partial charge is 0.332 e. The highest BCUT2D eigenvalue weighted by molar-refractivity contribution is 5.98. The normalized spacial score (nSPS) is 12.1. The van der Waals surface area contributed by atoms with Gasteiger partial charge in [-0.25, -0.2) is 9.59 Å². The van der Waals surface area contributed by atoms with E-state index in [2.05, 4.69) is 6.92 Å². The van der Waals surface area contributed by atoms with Gasteiger partial charge < -0.3 is 10.2 Å². The molecule has 0 fully saturated rings. The van der Waals surface area contributed by atoms with Gasteiger partial charge in [-0.3, -0.25) is 0 Å². The molecule has 0 radical (unpaired) electrons. The second-order valence-electron chi connectivity index (χ2n) is 5.19. The fraction of sp³-hybridized carbons (Fsp3) is 0.750. The van der Waals surface area contributed by atoms with E-state index in [-0.39, 0.29) is 11.1 Å². The zero-order valence-electron chi connectivity index (χ0n) is 12.8. The number of unbranched alkanes of at least 4 members (excludes halogenated alkanes) is 6. The van der Waals surface area contributed by atoms with Gasteiger partial charge in [0.25, 0.3) is 0 Å². The third-order valence-electron chi connectivity index (χ3n) is 3.44. The van der Waals surface area contributed by atoms with E-state index in [0.717, 1.165) is 32.1 Å². The lowest BCUT2D eigenvalue weighted by Gasteiger charge is -2.09. The minimum Gasteiger partial charge on any atom is -0.478 e. The number of hydrogen-bond acceptors (Lipinski definition) is 2. The third-order valence-corrected chi connectivity index (χ3v) is 3.44. The Morgan fingerprint density at radius 1 is 0.650 bits per heavy atom. The highest BCUT2D eigenvalue weighted by atomic mass is 16.4. The minimum atomic E-state index is -1.08. The molecule has 0 aliphatic heterocycles. The number of aliphatic carboxylic acids is 2. The second kappa shape index (κ2) is 11.5. The Morgan fingerprint density at radius 2 is 1.05 bits per heavy atom. The van der Waals surface area contributed by atoms with Gasteiger partial charge in [-0.05, 0) is 25.7 Å². The molecule has 0 saturated heterocycles. The molecule has 0 spiro atoms. The van der Waals surface area contributed by atoms with Crippen LogP contribution in [0.5, 0.6) is 0 Å². The molecule has 4 heteroatoms. The summed E-state index contributed by atoms with van der Waals surface area (Å²) in [6.45, 7) is 4.12. The highest BCUT2D eigenvalue weighted by Gasteiger charge is 2.19. The van der Waals surface area contributed by atoms with Crippen LogP contribution in [0.2, 0.25) is 0 Å². The molecule has 2 N–H and O–H groups in total. The largest absolute Gasteiger partial charge is 0.478 e. The van der Waals surface area contributed by atoms with Gasteiger partial charge in [0.05, 0.1) is 0 Å². The molecule has 0 aliphatic rings. The maximum Gasteiger partial charge on any atom is 0.332 e. The molecule has 0 saturated carbocycles. The Labute approximate surface area is 121 Å². The van der Waals surface area contributed by atoms with Crippen molar-refractivity contribution < 1.29 is 19.8 Å². The van der Waals surface area contributed by atoms with Crippen molar-refractivity contribution in [3.63, 3.8) is 0 Å². The molecule has 0 heterocycles. The Kier molecular flexibility index (Phi) is 10.7. The lowest BCUT2D eigenvalue weighted by molar-refractivity contribution is -0.136. The summed E-state index contributed by atoms with van der Waals surface area (Å²) in [6.07, 6.45) is 8.68. The SMILES string of the molecule is CCCCCCCCC(C(=O)O)=C(CCCC)C(=O)O. The summed E-state index contributed by atoms with van der Waals surface area (Å²) in [5.74, 6) is -2.16. The van der Waals surface area contributed by atoms with Crippen LogP contribution in [0.15, 0.2) is 11.1 Å². The fourth-order valence-corrected chi connectivity index (χ4v) is 2.21. The summed E-state index contributed by atoms with van der Waals surface area (Å²) in [7, 11) is 0. The van der Waals surface area contributed by atoms with E-state index in [4.69, 9.17) is 0 Å². The predicted octanol–water partition coefficient (Wildman–Crippen LogP) is 4.39. The number of rotatable bonds is 12. The summed E-state index contributed by atoms with van der Waals surface area (Å²) in [4.78, 5) is 22.5. The molecular formula is C16H28O4. The van der Waals surface area contributed by atoms with Crippen LogP contribution in [0.3, 0.4) is 0 Å². The van der Waals surface area contributed by atoms with Gasteiger partial charge in [-0.2, -0.15) is 0 Å². The van der Waals surface area contributed by atoms with Gasteiger partial charge in [-0.1, -0.05) is 52.4 Å². The number of carboxylic acid groups (broad SMARTS) is 2. The van der Waals surface area contributed by atoms with Crippen molar-refractivity contribution in [2.75, 3.05) is 0 Å². The van der Waals surface area contributed by atoms with E-state index >= 15 is 0 Å². The number of carbonyl (C=O) groups is 2. The van der Waals surface area contributed by atoms with Crippen LogP contribution in [0.4, 0.5) is 0 Å². The van der Waals surface area contributed by atoms with E-state index in [9.17, 15) is 19.8 Å². The first-order valence-corrected chi connectivity index (χ1v) is 7.73. The average Bonchev–Trinajstić information content (AvgIpc) is 2.39. The molecule has 116 valence electrons. The van der Waals surface area contributed by atoms with Crippen LogP contribution >= 0.6 is 0 Å². The van der Waals surface area contributed by atoms with Gasteiger partial charge >= 0.3 is 11.9 Å². The van der Waals surface area contributed by atoms with Crippen LogP contribution in [0.1, 0.15) is 78.1 Å². The van der Waals surface area contributed by atoms with Crippen molar-refractivity contribution in [3.8, 4) is 0 Å². The van der Waals surface area contributed by atoms with Crippen LogP contribution in [0, 0.1) is 0 Å². The van der Waals surface area contributed by atoms with E-state index < -0.39 is 11.9 Å². The van der Waals surface area contributed by atoms with Gasteiger partial charge in [0.1, 0.15) is 0 Å². The Morgan fingerprint density at radius 3 is 1.50 bits per heavy atom. The summed E-state index contributed by atoms with van der Waals surface area (Å²) < 4.78 is 0. The zero-order chi connectivity index (χ0) is 15.4. The maximum atomic E-state index is 11.3. The Balaban J connectivity index is 4.50. The molecule has 0 aromatic rings. The quantitative estimate of drug-likeness (QED) is 0.411. The van der Waals surface area contributed by atoms with E-state index in [0.29, 0.717) is 12.8 Å². The Bertz CT molecular complexity index is 331.